The topological polar surface area (TPSA) is 47.4 Å². The molecule has 0 bridgehead atoms. The standard InChI is InChI=1S/C16H18ClN3O2/c1-2-14-12(16(21)19-7-9-22-10-8-19)11-18-20(14)15-6-4-3-5-13(15)17/h3-6,11H,2,7-10H2,1H3. The second-order valence-electron chi connectivity index (χ2n) is 5.13. The highest BCUT2D eigenvalue weighted by Gasteiger charge is 2.24. The van der Waals surface area contributed by atoms with Crippen molar-refractivity contribution in [1.82, 2.24) is 14.7 Å². The Bertz CT molecular complexity index is 678. The summed E-state index contributed by atoms with van der Waals surface area (Å²) < 4.78 is 7.06. The molecule has 22 heavy (non-hydrogen) atoms. The van der Waals surface area contributed by atoms with E-state index in [-0.39, 0.29) is 5.91 Å². The van der Waals surface area contributed by atoms with Crippen molar-refractivity contribution < 1.29 is 9.53 Å². The fourth-order valence-electron chi connectivity index (χ4n) is 2.66. The first kappa shape index (κ1) is 15.1. The van der Waals surface area contributed by atoms with Gasteiger partial charge in [-0.2, -0.15) is 5.10 Å². The van der Waals surface area contributed by atoms with Gasteiger partial charge < -0.3 is 9.64 Å². The molecule has 1 amide bonds. The van der Waals surface area contributed by atoms with Gasteiger partial charge in [0.05, 0.1) is 41.4 Å². The Hall–Kier alpha value is -1.85. The maximum absolute atomic E-state index is 12.7. The van der Waals surface area contributed by atoms with Crippen LogP contribution in [0.3, 0.4) is 0 Å². The number of para-hydroxylation sites is 1. The molecule has 0 atom stereocenters. The predicted octanol–water partition coefficient (Wildman–Crippen LogP) is 2.56. The van der Waals surface area contributed by atoms with E-state index < -0.39 is 0 Å². The zero-order chi connectivity index (χ0) is 15.5. The molecule has 0 radical (unpaired) electrons. The molecule has 1 saturated heterocycles. The molecule has 0 spiro atoms. The molecule has 1 aromatic heterocycles. The molecule has 1 aromatic carbocycles. The Morgan fingerprint density at radius 2 is 2.05 bits per heavy atom. The number of halogens is 1. The normalized spacial score (nSPS) is 15.1. The first-order valence-corrected chi connectivity index (χ1v) is 7.79. The third kappa shape index (κ3) is 2.74. The second kappa shape index (κ2) is 6.50. The number of aromatic nitrogens is 2. The lowest BCUT2D eigenvalue weighted by molar-refractivity contribution is 0.0302. The molecule has 1 aliphatic heterocycles. The van der Waals surface area contributed by atoms with Gasteiger partial charge in [0.1, 0.15) is 0 Å². The lowest BCUT2D eigenvalue weighted by atomic mass is 10.1. The van der Waals surface area contributed by atoms with Gasteiger partial charge in [-0.1, -0.05) is 30.7 Å². The van der Waals surface area contributed by atoms with Crippen LogP contribution in [0.1, 0.15) is 23.0 Å². The van der Waals surface area contributed by atoms with Crippen molar-refractivity contribution >= 4 is 17.5 Å². The minimum Gasteiger partial charge on any atom is -0.378 e. The van der Waals surface area contributed by atoms with E-state index in [0.717, 1.165) is 11.4 Å². The van der Waals surface area contributed by atoms with Gasteiger partial charge in [-0.25, -0.2) is 4.68 Å². The summed E-state index contributed by atoms with van der Waals surface area (Å²) in [4.78, 5) is 14.5. The van der Waals surface area contributed by atoms with Gasteiger partial charge in [0.25, 0.3) is 5.91 Å². The Morgan fingerprint density at radius 1 is 1.32 bits per heavy atom. The highest BCUT2D eigenvalue weighted by Crippen LogP contribution is 2.23. The van der Waals surface area contributed by atoms with E-state index in [1.54, 1.807) is 10.9 Å². The van der Waals surface area contributed by atoms with Crippen LogP contribution in [0.5, 0.6) is 0 Å². The summed E-state index contributed by atoms with van der Waals surface area (Å²) in [5.41, 5.74) is 2.32. The third-order valence-electron chi connectivity index (χ3n) is 3.81. The average Bonchev–Trinajstić information content (AvgIpc) is 2.99. The smallest absolute Gasteiger partial charge is 0.257 e. The van der Waals surface area contributed by atoms with Crippen LogP contribution in [-0.2, 0) is 11.2 Å². The van der Waals surface area contributed by atoms with Crippen LogP contribution in [0.2, 0.25) is 5.02 Å². The Balaban J connectivity index is 1.97. The van der Waals surface area contributed by atoms with Crippen LogP contribution < -0.4 is 0 Å². The van der Waals surface area contributed by atoms with Crippen molar-refractivity contribution in [3.63, 3.8) is 0 Å². The molecule has 0 saturated carbocycles. The maximum Gasteiger partial charge on any atom is 0.257 e. The fourth-order valence-corrected chi connectivity index (χ4v) is 2.88. The summed E-state index contributed by atoms with van der Waals surface area (Å²) in [6.07, 6.45) is 2.34. The summed E-state index contributed by atoms with van der Waals surface area (Å²) in [6.45, 7) is 4.44. The Kier molecular flexibility index (Phi) is 4.45. The number of nitrogens with zero attached hydrogens (tertiary/aromatic N) is 3. The number of rotatable bonds is 3. The molecular weight excluding hydrogens is 302 g/mol. The van der Waals surface area contributed by atoms with Crippen LogP contribution in [0.4, 0.5) is 0 Å². The highest BCUT2D eigenvalue weighted by molar-refractivity contribution is 6.32. The van der Waals surface area contributed by atoms with Crippen LogP contribution >= 0.6 is 11.6 Å². The molecule has 0 unspecified atom stereocenters. The minimum atomic E-state index is 0.0125. The molecule has 1 aliphatic rings. The van der Waals surface area contributed by atoms with Crippen LogP contribution in [0.25, 0.3) is 5.69 Å². The molecular formula is C16H18ClN3O2. The maximum atomic E-state index is 12.7. The number of amides is 1. The van der Waals surface area contributed by atoms with Crippen molar-refractivity contribution in [3.05, 3.63) is 46.7 Å². The molecule has 3 rings (SSSR count). The Labute approximate surface area is 134 Å². The van der Waals surface area contributed by atoms with Gasteiger partial charge in [-0.3, -0.25) is 4.79 Å². The lowest BCUT2D eigenvalue weighted by Crippen LogP contribution is -2.40. The minimum absolute atomic E-state index is 0.0125. The fraction of sp³-hybridized carbons (Fsp3) is 0.375. The van der Waals surface area contributed by atoms with Crippen LogP contribution in [0.15, 0.2) is 30.5 Å². The van der Waals surface area contributed by atoms with Crippen LogP contribution in [-0.4, -0.2) is 46.9 Å². The van der Waals surface area contributed by atoms with E-state index in [2.05, 4.69) is 5.10 Å². The number of carbonyl (C=O) groups excluding carboxylic acids is 1. The van der Waals surface area contributed by atoms with Crippen molar-refractivity contribution in [1.29, 1.82) is 0 Å². The second-order valence-corrected chi connectivity index (χ2v) is 5.53. The lowest BCUT2D eigenvalue weighted by Gasteiger charge is -2.26. The van der Waals surface area contributed by atoms with Gasteiger partial charge in [0.15, 0.2) is 0 Å². The summed E-state index contributed by atoms with van der Waals surface area (Å²) in [6, 6.07) is 7.51. The van der Waals surface area contributed by atoms with Gasteiger partial charge in [-0.05, 0) is 18.6 Å². The number of benzene rings is 1. The molecule has 6 heteroatoms. The molecule has 0 N–H and O–H groups in total. The first-order chi connectivity index (χ1) is 10.7. The quantitative estimate of drug-likeness (QED) is 0.873. The molecule has 116 valence electrons. The molecule has 2 heterocycles. The van der Waals surface area contributed by atoms with Gasteiger partial charge in [0, 0.05) is 13.1 Å². The zero-order valence-electron chi connectivity index (χ0n) is 12.5. The van der Waals surface area contributed by atoms with Crippen LogP contribution in [0, 0.1) is 0 Å². The van der Waals surface area contributed by atoms with Crippen molar-refractivity contribution in [2.75, 3.05) is 26.3 Å². The highest BCUT2D eigenvalue weighted by atomic mass is 35.5. The van der Waals surface area contributed by atoms with E-state index in [1.165, 1.54) is 0 Å². The molecule has 0 aliphatic carbocycles. The van der Waals surface area contributed by atoms with Crippen molar-refractivity contribution in [2.24, 2.45) is 0 Å². The summed E-state index contributed by atoms with van der Waals surface area (Å²) in [5.74, 6) is 0.0125. The van der Waals surface area contributed by atoms with E-state index in [0.29, 0.717) is 43.3 Å². The zero-order valence-corrected chi connectivity index (χ0v) is 13.2. The van der Waals surface area contributed by atoms with Gasteiger partial charge in [-0.15, -0.1) is 0 Å². The van der Waals surface area contributed by atoms with Gasteiger partial charge >= 0.3 is 0 Å². The van der Waals surface area contributed by atoms with E-state index in [1.807, 2.05) is 36.1 Å². The number of carbonyl (C=O) groups is 1. The molecule has 1 fully saturated rings. The number of morpholine rings is 1. The first-order valence-electron chi connectivity index (χ1n) is 7.41. The monoisotopic (exact) mass is 319 g/mol. The van der Waals surface area contributed by atoms with E-state index in [9.17, 15) is 4.79 Å². The number of ether oxygens (including phenoxy) is 1. The summed E-state index contributed by atoms with van der Waals surface area (Å²) in [5, 5.41) is 5.00. The Morgan fingerprint density at radius 3 is 2.73 bits per heavy atom. The summed E-state index contributed by atoms with van der Waals surface area (Å²) >= 11 is 6.25. The van der Waals surface area contributed by atoms with E-state index in [4.69, 9.17) is 16.3 Å². The van der Waals surface area contributed by atoms with Crippen molar-refractivity contribution in [2.45, 2.75) is 13.3 Å². The number of hydrogen-bond donors (Lipinski definition) is 0. The molecule has 5 nitrogen and oxygen atoms in total. The summed E-state index contributed by atoms with van der Waals surface area (Å²) in [7, 11) is 0. The van der Waals surface area contributed by atoms with E-state index >= 15 is 0 Å². The van der Waals surface area contributed by atoms with Gasteiger partial charge in [0.2, 0.25) is 0 Å². The number of hydrogen-bond acceptors (Lipinski definition) is 3. The average molecular weight is 320 g/mol. The molecule has 2 aromatic rings. The third-order valence-corrected chi connectivity index (χ3v) is 4.13. The van der Waals surface area contributed by atoms with Crippen molar-refractivity contribution in [3.8, 4) is 5.69 Å². The largest absolute Gasteiger partial charge is 0.378 e. The predicted molar refractivity (Wildman–Crippen MR) is 84.7 cm³/mol. The SMILES string of the molecule is CCc1c(C(=O)N2CCOCC2)cnn1-c1ccccc1Cl.